The molecule has 0 heterocycles. The zero-order valence-electron chi connectivity index (χ0n) is 10.8. The Hall–Kier alpha value is -0.770. The minimum absolute atomic E-state index is 0.299. The third-order valence-corrected chi connectivity index (χ3v) is 3.67. The number of carbonyl (C=O) groups excluding carboxylic acids is 1. The molecule has 104 valence electrons. The molecule has 1 aliphatic rings. The maximum atomic E-state index is 12.0. The highest BCUT2D eigenvalue weighted by atomic mass is 35.5. The Kier molecular flexibility index (Phi) is 5.08. The van der Waals surface area contributed by atoms with Gasteiger partial charge in [-0.25, -0.2) is 4.79 Å². The Morgan fingerprint density at radius 3 is 2.79 bits per heavy atom. The van der Waals surface area contributed by atoms with Gasteiger partial charge in [0.25, 0.3) is 0 Å². The highest BCUT2D eigenvalue weighted by molar-refractivity contribution is 6.35. The largest absolute Gasteiger partial charge is 0.465 e. The van der Waals surface area contributed by atoms with E-state index in [1.807, 2.05) is 0 Å². The summed E-state index contributed by atoms with van der Waals surface area (Å²) in [5, 5.41) is 4.28. The van der Waals surface area contributed by atoms with Gasteiger partial charge in [0.15, 0.2) is 0 Å². The van der Waals surface area contributed by atoms with Crippen molar-refractivity contribution in [3.05, 3.63) is 33.8 Å². The first-order valence-corrected chi connectivity index (χ1v) is 7.22. The van der Waals surface area contributed by atoms with Gasteiger partial charge in [0.1, 0.15) is 6.04 Å². The Labute approximate surface area is 123 Å². The zero-order chi connectivity index (χ0) is 13.8. The predicted molar refractivity (Wildman–Crippen MR) is 76.6 cm³/mol. The van der Waals surface area contributed by atoms with Crippen molar-refractivity contribution in [1.82, 2.24) is 5.32 Å². The fraction of sp³-hybridized carbons (Fsp3) is 0.500. The highest BCUT2D eigenvalue weighted by Crippen LogP contribution is 2.31. The lowest BCUT2D eigenvalue weighted by atomic mass is 10.1. The Bertz CT molecular complexity index is 461. The van der Waals surface area contributed by atoms with Crippen LogP contribution in [-0.2, 0) is 9.53 Å². The SMILES string of the molecule is CCOC(=O)C(NCC1CC1)c1ccc(Cl)cc1Cl. The standard InChI is InChI=1S/C14H17Cl2NO2/c1-2-19-14(18)13(17-8-9-3-4-9)11-6-5-10(15)7-12(11)16/h5-7,9,13,17H,2-4,8H2,1H3. The van der Waals surface area contributed by atoms with Crippen LogP contribution in [0.4, 0.5) is 0 Å². The van der Waals surface area contributed by atoms with Crippen molar-refractivity contribution in [1.29, 1.82) is 0 Å². The van der Waals surface area contributed by atoms with Crippen LogP contribution < -0.4 is 5.32 Å². The number of nitrogens with one attached hydrogen (secondary N) is 1. The zero-order valence-corrected chi connectivity index (χ0v) is 12.3. The average molecular weight is 302 g/mol. The molecule has 5 heteroatoms. The molecule has 0 saturated heterocycles. The molecular weight excluding hydrogens is 285 g/mol. The summed E-state index contributed by atoms with van der Waals surface area (Å²) < 4.78 is 5.10. The lowest BCUT2D eigenvalue weighted by Gasteiger charge is -2.18. The topological polar surface area (TPSA) is 38.3 Å². The second-order valence-corrected chi connectivity index (χ2v) is 5.55. The maximum Gasteiger partial charge on any atom is 0.327 e. The average Bonchev–Trinajstić information content (AvgIpc) is 3.16. The second-order valence-electron chi connectivity index (χ2n) is 4.70. The van der Waals surface area contributed by atoms with Crippen LogP contribution in [0.25, 0.3) is 0 Å². The van der Waals surface area contributed by atoms with Gasteiger partial charge in [-0.15, -0.1) is 0 Å². The fourth-order valence-electron chi connectivity index (χ4n) is 1.89. The molecule has 0 bridgehead atoms. The first kappa shape index (κ1) is 14.6. The van der Waals surface area contributed by atoms with Gasteiger partial charge in [0.05, 0.1) is 6.61 Å². The molecule has 0 aliphatic heterocycles. The molecule has 1 aliphatic carbocycles. The minimum atomic E-state index is -0.523. The van der Waals surface area contributed by atoms with Crippen molar-refractivity contribution in [2.75, 3.05) is 13.2 Å². The van der Waals surface area contributed by atoms with Crippen LogP contribution in [0.1, 0.15) is 31.4 Å². The monoisotopic (exact) mass is 301 g/mol. The summed E-state index contributed by atoms with van der Waals surface area (Å²) in [5.74, 6) is 0.371. The molecule has 1 unspecified atom stereocenters. The second kappa shape index (κ2) is 6.60. The van der Waals surface area contributed by atoms with E-state index in [1.54, 1.807) is 25.1 Å². The van der Waals surface area contributed by atoms with E-state index in [2.05, 4.69) is 5.32 Å². The van der Waals surface area contributed by atoms with Crippen molar-refractivity contribution in [3.63, 3.8) is 0 Å². The normalized spacial score (nSPS) is 16.2. The molecule has 1 N–H and O–H groups in total. The Morgan fingerprint density at radius 1 is 1.47 bits per heavy atom. The number of halogens is 2. The highest BCUT2D eigenvalue weighted by Gasteiger charge is 2.28. The number of benzene rings is 1. The summed E-state index contributed by atoms with van der Waals surface area (Å²) >= 11 is 12.0. The van der Waals surface area contributed by atoms with E-state index in [0.29, 0.717) is 28.1 Å². The van der Waals surface area contributed by atoms with E-state index < -0.39 is 6.04 Å². The van der Waals surface area contributed by atoms with E-state index in [4.69, 9.17) is 27.9 Å². The summed E-state index contributed by atoms with van der Waals surface area (Å²) in [5.41, 5.74) is 0.713. The molecule has 1 aromatic carbocycles. The summed E-state index contributed by atoms with van der Waals surface area (Å²) in [4.78, 5) is 12.0. The predicted octanol–water partition coefficient (Wildman–Crippen LogP) is 3.60. The molecule has 0 aromatic heterocycles. The van der Waals surface area contributed by atoms with E-state index in [0.717, 1.165) is 6.54 Å². The number of ether oxygens (including phenoxy) is 1. The van der Waals surface area contributed by atoms with Crippen molar-refractivity contribution in [2.24, 2.45) is 5.92 Å². The molecule has 19 heavy (non-hydrogen) atoms. The van der Waals surface area contributed by atoms with Crippen molar-refractivity contribution in [3.8, 4) is 0 Å². The molecule has 1 fully saturated rings. The van der Waals surface area contributed by atoms with Crippen LogP contribution in [-0.4, -0.2) is 19.1 Å². The molecular formula is C14H17Cl2NO2. The smallest absolute Gasteiger partial charge is 0.327 e. The van der Waals surface area contributed by atoms with E-state index >= 15 is 0 Å². The van der Waals surface area contributed by atoms with Crippen molar-refractivity contribution < 1.29 is 9.53 Å². The molecule has 1 atom stereocenters. The fourth-order valence-corrected chi connectivity index (χ4v) is 2.41. The molecule has 0 spiro atoms. The maximum absolute atomic E-state index is 12.0. The van der Waals surface area contributed by atoms with E-state index in [1.165, 1.54) is 12.8 Å². The Morgan fingerprint density at radius 2 is 2.21 bits per heavy atom. The van der Waals surface area contributed by atoms with Gasteiger partial charge in [-0.1, -0.05) is 29.3 Å². The molecule has 3 nitrogen and oxygen atoms in total. The minimum Gasteiger partial charge on any atom is -0.465 e. The Balaban J connectivity index is 2.15. The lowest BCUT2D eigenvalue weighted by Crippen LogP contribution is -2.32. The molecule has 1 saturated carbocycles. The number of hydrogen-bond donors (Lipinski definition) is 1. The van der Waals surface area contributed by atoms with Crippen LogP contribution in [0.3, 0.4) is 0 Å². The van der Waals surface area contributed by atoms with Crippen LogP contribution in [0, 0.1) is 5.92 Å². The molecule has 2 rings (SSSR count). The van der Waals surface area contributed by atoms with Crippen LogP contribution in [0.5, 0.6) is 0 Å². The summed E-state index contributed by atoms with van der Waals surface area (Å²) in [6, 6.07) is 4.62. The van der Waals surface area contributed by atoms with E-state index in [9.17, 15) is 4.79 Å². The van der Waals surface area contributed by atoms with Crippen molar-refractivity contribution in [2.45, 2.75) is 25.8 Å². The van der Waals surface area contributed by atoms with E-state index in [-0.39, 0.29) is 5.97 Å². The van der Waals surface area contributed by atoms with Gasteiger partial charge in [0.2, 0.25) is 0 Å². The number of esters is 1. The van der Waals surface area contributed by atoms with Gasteiger partial charge in [-0.05, 0) is 49.9 Å². The third kappa shape index (κ3) is 4.10. The number of rotatable bonds is 6. The molecule has 0 amide bonds. The number of hydrogen-bond acceptors (Lipinski definition) is 3. The molecule has 1 aromatic rings. The summed E-state index contributed by atoms with van der Waals surface area (Å²) in [7, 11) is 0. The first-order chi connectivity index (χ1) is 9.11. The third-order valence-electron chi connectivity index (χ3n) is 3.10. The van der Waals surface area contributed by atoms with Crippen molar-refractivity contribution >= 4 is 29.2 Å². The quantitative estimate of drug-likeness (QED) is 0.816. The van der Waals surface area contributed by atoms with Gasteiger partial charge in [-0.2, -0.15) is 0 Å². The van der Waals surface area contributed by atoms with Crippen LogP contribution >= 0.6 is 23.2 Å². The summed E-state index contributed by atoms with van der Waals surface area (Å²) in [6.07, 6.45) is 2.44. The van der Waals surface area contributed by atoms with Gasteiger partial charge in [-0.3, -0.25) is 0 Å². The van der Waals surface area contributed by atoms with Gasteiger partial charge < -0.3 is 10.1 Å². The first-order valence-electron chi connectivity index (χ1n) is 6.46. The lowest BCUT2D eigenvalue weighted by molar-refractivity contribution is -0.145. The summed E-state index contributed by atoms with van der Waals surface area (Å²) in [6.45, 7) is 2.95. The molecule has 0 radical (unpaired) electrons. The van der Waals surface area contributed by atoms with Gasteiger partial charge >= 0.3 is 5.97 Å². The van der Waals surface area contributed by atoms with Gasteiger partial charge in [0, 0.05) is 10.0 Å². The van der Waals surface area contributed by atoms with Crippen LogP contribution in [0.15, 0.2) is 18.2 Å². The van der Waals surface area contributed by atoms with Crippen LogP contribution in [0.2, 0.25) is 10.0 Å². The number of carbonyl (C=O) groups is 1.